The van der Waals surface area contributed by atoms with E-state index < -0.39 is 0 Å². The molecule has 0 bridgehead atoms. The van der Waals surface area contributed by atoms with Crippen LogP contribution in [0.3, 0.4) is 0 Å². The number of nitrogens with zero attached hydrogens (tertiary/aromatic N) is 6. The van der Waals surface area contributed by atoms with Gasteiger partial charge in [0.15, 0.2) is 34.9 Å². The zero-order chi connectivity index (χ0) is 67.2. The molecule has 20 rings (SSSR count). The fourth-order valence-electron chi connectivity index (χ4n) is 15.1. The van der Waals surface area contributed by atoms with E-state index in [9.17, 15) is 0 Å². The number of furan rings is 2. The molecule has 0 saturated heterocycles. The Balaban J connectivity index is 0.666. The highest BCUT2D eigenvalue weighted by Gasteiger charge is 2.25. The maximum Gasteiger partial charge on any atom is 0.164 e. The fourth-order valence-corrected chi connectivity index (χ4v) is 15.1. The van der Waals surface area contributed by atoms with Crippen molar-refractivity contribution in [2.24, 2.45) is 0 Å². The first-order chi connectivity index (χ1) is 50.5. The maximum atomic E-state index is 6.91. The Bertz CT molecular complexity index is 6730. The van der Waals surface area contributed by atoms with Crippen LogP contribution in [0.25, 0.3) is 211 Å². The topological polar surface area (TPSA) is 104 Å². The van der Waals surface area contributed by atoms with E-state index in [1.165, 1.54) is 16.3 Å². The Morgan fingerprint density at radius 3 is 1.15 bits per heavy atom. The normalized spacial score (nSPS) is 11.7. The van der Waals surface area contributed by atoms with E-state index in [2.05, 4.69) is 261 Å². The third-order valence-corrected chi connectivity index (χ3v) is 20.0. The molecule has 16 aromatic carbocycles. The summed E-state index contributed by atoms with van der Waals surface area (Å²) >= 11 is 0. The Kier molecular flexibility index (Phi) is 13.7. The van der Waals surface area contributed by atoms with E-state index in [1.54, 1.807) is 0 Å². The van der Waals surface area contributed by atoms with E-state index in [1.807, 2.05) is 78.9 Å². The molecule has 0 unspecified atom stereocenters. The van der Waals surface area contributed by atoms with Crippen LogP contribution in [0.1, 0.15) is 0 Å². The van der Waals surface area contributed by atoms with Crippen LogP contribution in [-0.2, 0) is 0 Å². The molecule has 8 nitrogen and oxygen atoms in total. The van der Waals surface area contributed by atoms with Gasteiger partial charge in [-0.05, 0) is 142 Å². The summed E-state index contributed by atoms with van der Waals surface area (Å²) in [5, 5.41) is 12.9. The van der Waals surface area contributed by atoms with Gasteiger partial charge in [-0.25, -0.2) is 29.9 Å². The molecule has 0 radical (unpaired) electrons. The molecule has 0 N–H and O–H groups in total. The van der Waals surface area contributed by atoms with E-state index in [-0.39, 0.29) is 0 Å². The predicted octanol–water partition coefficient (Wildman–Crippen LogP) is 24.8. The summed E-state index contributed by atoms with van der Waals surface area (Å²) in [7, 11) is 0. The van der Waals surface area contributed by atoms with Crippen LogP contribution in [0.2, 0.25) is 0 Å². The summed E-state index contributed by atoms with van der Waals surface area (Å²) in [4.78, 5) is 31.9. The number of hydrogen-bond acceptors (Lipinski definition) is 8. The molecule has 8 heteroatoms. The largest absolute Gasteiger partial charge is 0.455 e. The van der Waals surface area contributed by atoms with Crippen molar-refractivity contribution in [3.8, 4) is 124 Å². The first-order valence-electron chi connectivity index (χ1n) is 34.3. The van der Waals surface area contributed by atoms with E-state index in [0.717, 1.165) is 160 Å². The molecule has 4 heterocycles. The molecule has 4 aromatic heterocycles. The highest BCUT2D eigenvalue weighted by molar-refractivity contribution is 6.20. The van der Waals surface area contributed by atoms with Crippen LogP contribution in [-0.4, -0.2) is 29.9 Å². The SMILES string of the molecule is c1ccc(-c2ccc(-c3ccc(-c4nc(-c5ccccc5)nc(-c5cc6cccc(-c7cccc(-c8ccc(-c9ccc(-c%10nc(-c%11ccccc%11)nc(-c%11ccc%12ccc%13ccccc%13c%12c%11)n%10)c%10c9oc9ccccc9%10)cc8)c7)c6c6ccccc56)n4)c4c3oc3ccccc34)cc2)cc1. The lowest BCUT2D eigenvalue weighted by Crippen LogP contribution is -2.01. The Labute approximate surface area is 585 Å². The van der Waals surface area contributed by atoms with Crippen molar-refractivity contribution in [1.82, 2.24) is 29.9 Å². The van der Waals surface area contributed by atoms with Gasteiger partial charge in [0.2, 0.25) is 0 Å². The van der Waals surface area contributed by atoms with Crippen molar-refractivity contribution in [1.29, 1.82) is 0 Å². The number of aromatic nitrogens is 6. The maximum absolute atomic E-state index is 6.91. The second-order valence-corrected chi connectivity index (χ2v) is 26.0. The van der Waals surface area contributed by atoms with Gasteiger partial charge in [-0.15, -0.1) is 0 Å². The second kappa shape index (κ2) is 24.0. The molecule has 20 aromatic rings. The Morgan fingerprint density at radius 1 is 0.167 bits per heavy atom. The minimum Gasteiger partial charge on any atom is -0.455 e. The summed E-state index contributed by atoms with van der Waals surface area (Å²) in [6.07, 6.45) is 0. The van der Waals surface area contributed by atoms with Gasteiger partial charge >= 0.3 is 0 Å². The predicted molar refractivity (Wildman–Crippen MR) is 418 cm³/mol. The molecule has 0 fully saturated rings. The van der Waals surface area contributed by atoms with Gasteiger partial charge in [0.1, 0.15) is 22.3 Å². The summed E-state index contributed by atoms with van der Waals surface area (Å²) in [6.45, 7) is 0. The molecule has 0 saturated carbocycles. The Hall–Kier alpha value is -13.8. The Morgan fingerprint density at radius 2 is 0.549 bits per heavy atom. The fraction of sp³-hybridized carbons (Fsp3) is 0. The van der Waals surface area contributed by atoms with Crippen molar-refractivity contribution in [3.05, 3.63) is 340 Å². The third kappa shape index (κ3) is 9.99. The van der Waals surface area contributed by atoms with Crippen LogP contribution in [0, 0.1) is 0 Å². The van der Waals surface area contributed by atoms with Crippen LogP contribution < -0.4 is 0 Å². The number of hydrogen-bond donors (Lipinski definition) is 0. The summed E-state index contributed by atoms with van der Waals surface area (Å²) in [5.41, 5.74) is 19.2. The van der Waals surface area contributed by atoms with Crippen LogP contribution in [0.5, 0.6) is 0 Å². The van der Waals surface area contributed by atoms with Crippen molar-refractivity contribution in [2.45, 2.75) is 0 Å². The van der Waals surface area contributed by atoms with E-state index >= 15 is 0 Å². The lowest BCUT2D eigenvalue weighted by molar-refractivity contribution is 0.669. The van der Waals surface area contributed by atoms with Gasteiger partial charge in [-0.1, -0.05) is 285 Å². The molecule has 0 spiro atoms. The number of rotatable bonds is 11. The number of benzene rings is 16. The second-order valence-electron chi connectivity index (χ2n) is 26.0. The third-order valence-electron chi connectivity index (χ3n) is 20.0. The summed E-state index contributed by atoms with van der Waals surface area (Å²) in [6, 6.07) is 119. The lowest BCUT2D eigenvalue weighted by atomic mass is 9.90. The highest BCUT2D eigenvalue weighted by Crippen LogP contribution is 2.47. The first kappa shape index (κ1) is 58.3. The molecule has 0 aliphatic rings. The lowest BCUT2D eigenvalue weighted by Gasteiger charge is -2.16. The average molecular weight is 1300 g/mol. The zero-order valence-corrected chi connectivity index (χ0v) is 54.8. The minimum atomic E-state index is 0.555. The van der Waals surface area contributed by atoms with Crippen LogP contribution >= 0.6 is 0 Å². The highest BCUT2D eigenvalue weighted by atomic mass is 16.3. The molecule has 102 heavy (non-hydrogen) atoms. The molecule has 474 valence electrons. The minimum absolute atomic E-state index is 0.555. The summed E-state index contributed by atoms with van der Waals surface area (Å²) < 4.78 is 13.8. The van der Waals surface area contributed by atoms with Gasteiger partial charge in [0, 0.05) is 66.1 Å². The number of fused-ring (bicyclic) bond motifs is 12. The van der Waals surface area contributed by atoms with Crippen LogP contribution in [0.15, 0.2) is 349 Å². The average Bonchev–Trinajstić information content (AvgIpc) is 1.49. The van der Waals surface area contributed by atoms with Crippen molar-refractivity contribution < 1.29 is 8.83 Å². The monoisotopic (exact) mass is 1300 g/mol. The standard InChI is InChI=1S/C94H56N6O2/c1-4-20-57(21-5-1)58-38-42-61(43-39-58)72-51-53-79(86-77-34-15-17-37-83(77)102-88(72)86)93-97-90(65-25-8-3-9-26-65)98-94(100-93)81-55-68-29-19-35-71(84(68)75-32-13-12-31-74(75)81)67-28-18-27-66(54-67)59-40-44-62(45-41-59)73-50-52-78(85-76-33-14-16-36-82(76)101-87(73)85)92-96-89(64-23-6-2-7-24-64)95-91(99-92)69-49-48-63-47-46-60-22-10-11-30-70(60)80(63)56-69/h1-56H. The van der Waals surface area contributed by atoms with Crippen molar-refractivity contribution in [3.63, 3.8) is 0 Å². The van der Waals surface area contributed by atoms with Gasteiger partial charge < -0.3 is 8.83 Å². The van der Waals surface area contributed by atoms with Crippen molar-refractivity contribution >= 4 is 87.0 Å². The van der Waals surface area contributed by atoms with Gasteiger partial charge in [0.05, 0.1) is 0 Å². The summed E-state index contributed by atoms with van der Waals surface area (Å²) in [5.74, 6) is 3.46. The van der Waals surface area contributed by atoms with Gasteiger partial charge in [0.25, 0.3) is 0 Å². The first-order valence-corrected chi connectivity index (χ1v) is 34.3. The van der Waals surface area contributed by atoms with E-state index in [0.29, 0.717) is 34.9 Å². The molecular formula is C94H56N6O2. The molecular weight excluding hydrogens is 1250 g/mol. The number of para-hydroxylation sites is 2. The van der Waals surface area contributed by atoms with Gasteiger partial charge in [-0.2, -0.15) is 0 Å². The zero-order valence-electron chi connectivity index (χ0n) is 54.8. The quantitative estimate of drug-likeness (QED) is 0.118. The van der Waals surface area contributed by atoms with Gasteiger partial charge in [-0.3, -0.25) is 0 Å². The van der Waals surface area contributed by atoms with E-state index in [4.69, 9.17) is 38.7 Å². The molecule has 0 aliphatic heterocycles. The van der Waals surface area contributed by atoms with Crippen LogP contribution in [0.4, 0.5) is 0 Å². The smallest absolute Gasteiger partial charge is 0.164 e. The molecule has 0 amide bonds. The van der Waals surface area contributed by atoms with Crippen molar-refractivity contribution in [2.75, 3.05) is 0 Å². The molecule has 0 atom stereocenters. The molecule has 0 aliphatic carbocycles.